The number of carbonyl (C=O) groups is 1. The third-order valence-electron chi connectivity index (χ3n) is 1.96. The molecule has 0 rings (SSSR count). The fourth-order valence-electron chi connectivity index (χ4n) is 0.870. The minimum atomic E-state index is -5.53. The topological polar surface area (TPSA) is 26.3 Å². The summed E-state index contributed by atoms with van der Waals surface area (Å²) >= 11 is 0.708. The second-order valence-corrected chi connectivity index (χ2v) is 4.68. The Morgan fingerprint density at radius 2 is 1.83 bits per heavy atom. The second kappa shape index (κ2) is 7.81. The summed E-state index contributed by atoms with van der Waals surface area (Å²) in [5, 5.41) is 0. The van der Waals surface area contributed by atoms with Crippen molar-refractivity contribution in [3.63, 3.8) is 0 Å². The van der Waals surface area contributed by atoms with E-state index in [0.717, 1.165) is 6.42 Å². The Labute approximate surface area is 106 Å². The van der Waals surface area contributed by atoms with Gasteiger partial charge < -0.3 is 4.74 Å². The molecular formula is C10H15F5O2S. The summed E-state index contributed by atoms with van der Waals surface area (Å²) in [5.41, 5.74) is 0. The van der Waals surface area contributed by atoms with Crippen LogP contribution in [0.5, 0.6) is 0 Å². The summed E-state index contributed by atoms with van der Waals surface area (Å²) < 4.78 is 64.9. The van der Waals surface area contributed by atoms with E-state index in [1.807, 2.05) is 6.92 Å². The Balaban J connectivity index is 3.71. The molecule has 0 aromatic rings. The van der Waals surface area contributed by atoms with Crippen molar-refractivity contribution < 1.29 is 31.5 Å². The van der Waals surface area contributed by atoms with Crippen molar-refractivity contribution in [3.8, 4) is 0 Å². The zero-order valence-electron chi connectivity index (χ0n) is 9.86. The molecule has 0 fully saturated rings. The molecule has 0 aromatic carbocycles. The van der Waals surface area contributed by atoms with Crippen LogP contribution in [0.4, 0.5) is 22.0 Å². The van der Waals surface area contributed by atoms with E-state index < -0.39 is 30.2 Å². The molecule has 0 aliphatic heterocycles. The van der Waals surface area contributed by atoms with Crippen molar-refractivity contribution in [2.75, 3.05) is 18.1 Å². The predicted molar refractivity (Wildman–Crippen MR) is 58.8 cm³/mol. The number of alkyl halides is 5. The monoisotopic (exact) mass is 294 g/mol. The standard InChI is InChI=1S/C10H15F5O2S/c1-2-3-5-17-8(16)7-18-6-4-9(11,12)10(13,14)15/h2-7H2,1H3. The number of ether oxygens (including phenoxy) is 1. The first-order valence-corrected chi connectivity index (χ1v) is 6.54. The molecule has 0 spiro atoms. The Morgan fingerprint density at radius 3 is 2.33 bits per heavy atom. The maximum atomic E-state index is 12.4. The summed E-state index contributed by atoms with van der Waals surface area (Å²) in [6.45, 7) is 2.15. The van der Waals surface area contributed by atoms with E-state index in [4.69, 9.17) is 4.74 Å². The normalized spacial score (nSPS) is 12.6. The van der Waals surface area contributed by atoms with Crippen LogP contribution >= 0.6 is 11.8 Å². The number of carbonyl (C=O) groups excluding carboxylic acids is 1. The molecular weight excluding hydrogens is 279 g/mol. The van der Waals surface area contributed by atoms with E-state index in [1.165, 1.54) is 0 Å². The first kappa shape index (κ1) is 17.5. The number of unbranched alkanes of at least 4 members (excludes halogenated alkanes) is 1. The Morgan fingerprint density at radius 1 is 1.22 bits per heavy atom. The van der Waals surface area contributed by atoms with Crippen molar-refractivity contribution in [2.24, 2.45) is 0 Å². The number of halogens is 5. The minimum Gasteiger partial charge on any atom is -0.465 e. The Hall–Kier alpha value is -0.530. The van der Waals surface area contributed by atoms with Gasteiger partial charge >= 0.3 is 18.1 Å². The molecule has 0 radical (unpaired) electrons. The van der Waals surface area contributed by atoms with Crippen LogP contribution in [0.1, 0.15) is 26.2 Å². The van der Waals surface area contributed by atoms with Crippen molar-refractivity contribution in [1.82, 2.24) is 0 Å². The highest BCUT2D eigenvalue weighted by Crippen LogP contribution is 2.38. The quantitative estimate of drug-likeness (QED) is 0.388. The van der Waals surface area contributed by atoms with E-state index in [2.05, 4.69) is 0 Å². The van der Waals surface area contributed by atoms with Gasteiger partial charge in [0.2, 0.25) is 0 Å². The summed E-state index contributed by atoms with van der Waals surface area (Å²) in [7, 11) is 0. The van der Waals surface area contributed by atoms with Gasteiger partial charge in [-0.2, -0.15) is 22.0 Å². The van der Waals surface area contributed by atoms with E-state index in [0.29, 0.717) is 18.2 Å². The zero-order chi connectivity index (χ0) is 14.2. The average molecular weight is 294 g/mol. The zero-order valence-corrected chi connectivity index (χ0v) is 10.7. The lowest BCUT2D eigenvalue weighted by Crippen LogP contribution is -2.36. The molecule has 0 aromatic heterocycles. The summed E-state index contributed by atoms with van der Waals surface area (Å²) in [4.78, 5) is 11.0. The first-order valence-electron chi connectivity index (χ1n) is 5.38. The van der Waals surface area contributed by atoms with Gasteiger partial charge in [0.15, 0.2) is 0 Å². The van der Waals surface area contributed by atoms with E-state index in [9.17, 15) is 26.7 Å². The van der Waals surface area contributed by atoms with Crippen LogP contribution < -0.4 is 0 Å². The van der Waals surface area contributed by atoms with Crippen LogP contribution in [0.15, 0.2) is 0 Å². The highest BCUT2D eigenvalue weighted by molar-refractivity contribution is 7.99. The third-order valence-corrected chi connectivity index (χ3v) is 2.89. The van der Waals surface area contributed by atoms with Gasteiger partial charge in [-0.15, -0.1) is 11.8 Å². The smallest absolute Gasteiger partial charge is 0.453 e. The first-order chi connectivity index (χ1) is 8.20. The van der Waals surface area contributed by atoms with Gasteiger partial charge in [-0.1, -0.05) is 13.3 Å². The molecule has 0 unspecified atom stereocenters. The Bertz CT molecular complexity index is 255. The number of hydrogen-bond acceptors (Lipinski definition) is 3. The molecule has 18 heavy (non-hydrogen) atoms. The van der Waals surface area contributed by atoms with Gasteiger partial charge in [-0.05, 0) is 12.2 Å². The van der Waals surface area contributed by atoms with Crippen LogP contribution in [0.2, 0.25) is 0 Å². The number of esters is 1. The number of hydrogen-bond donors (Lipinski definition) is 0. The molecule has 0 N–H and O–H groups in total. The van der Waals surface area contributed by atoms with Crippen LogP contribution in [-0.4, -0.2) is 36.2 Å². The van der Waals surface area contributed by atoms with Crippen molar-refractivity contribution in [3.05, 3.63) is 0 Å². The molecule has 0 aliphatic rings. The molecule has 0 aliphatic carbocycles. The van der Waals surface area contributed by atoms with Crippen LogP contribution in [-0.2, 0) is 9.53 Å². The predicted octanol–water partition coefficient (Wildman–Crippen LogP) is 3.65. The van der Waals surface area contributed by atoms with Crippen molar-refractivity contribution in [1.29, 1.82) is 0 Å². The average Bonchev–Trinajstić information content (AvgIpc) is 2.23. The summed E-state index contributed by atoms with van der Waals surface area (Å²) in [6.07, 6.45) is -5.32. The van der Waals surface area contributed by atoms with Crippen LogP contribution in [0.3, 0.4) is 0 Å². The third kappa shape index (κ3) is 7.03. The molecule has 0 saturated carbocycles. The van der Waals surface area contributed by atoms with Gasteiger partial charge in [0, 0.05) is 6.42 Å². The van der Waals surface area contributed by atoms with Gasteiger partial charge in [0.25, 0.3) is 0 Å². The van der Waals surface area contributed by atoms with Crippen LogP contribution in [0.25, 0.3) is 0 Å². The molecule has 0 bridgehead atoms. The maximum Gasteiger partial charge on any atom is 0.453 e. The van der Waals surface area contributed by atoms with Gasteiger partial charge in [-0.25, -0.2) is 0 Å². The fourth-order valence-corrected chi connectivity index (χ4v) is 1.66. The molecule has 0 saturated heterocycles. The molecule has 0 amide bonds. The van der Waals surface area contributed by atoms with Gasteiger partial charge in [0.1, 0.15) is 0 Å². The largest absolute Gasteiger partial charge is 0.465 e. The van der Waals surface area contributed by atoms with Gasteiger partial charge in [-0.3, -0.25) is 4.79 Å². The highest BCUT2D eigenvalue weighted by atomic mass is 32.2. The fraction of sp³-hybridized carbons (Fsp3) is 0.900. The lowest BCUT2D eigenvalue weighted by Gasteiger charge is -2.18. The number of thioether (sulfide) groups is 1. The van der Waals surface area contributed by atoms with E-state index >= 15 is 0 Å². The van der Waals surface area contributed by atoms with Crippen molar-refractivity contribution in [2.45, 2.75) is 38.3 Å². The molecule has 0 heterocycles. The molecule has 2 nitrogen and oxygen atoms in total. The maximum absolute atomic E-state index is 12.4. The Kier molecular flexibility index (Phi) is 7.58. The highest BCUT2D eigenvalue weighted by Gasteiger charge is 2.56. The van der Waals surface area contributed by atoms with E-state index in [-0.39, 0.29) is 12.4 Å². The molecule has 8 heteroatoms. The lowest BCUT2D eigenvalue weighted by atomic mass is 10.2. The molecule has 0 atom stereocenters. The van der Waals surface area contributed by atoms with Gasteiger partial charge in [0.05, 0.1) is 12.4 Å². The van der Waals surface area contributed by atoms with Crippen molar-refractivity contribution >= 4 is 17.7 Å². The number of rotatable bonds is 8. The summed E-state index contributed by atoms with van der Waals surface area (Å²) in [6, 6.07) is 0. The van der Waals surface area contributed by atoms with Crippen LogP contribution in [0, 0.1) is 0 Å². The SMILES string of the molecule is CCCCOC(=O)CSCCC(F)(F)C(F)(F)F. The lowest BCUT2D eigenvalue weighted by molar-refractivity contribution is -0.282. The van der Waals surface area contributed by atoms with E-state index in [1.54, 1.807) is 0 Å². The minimum absolute atomic E-state index is 0.211. The second-order valence-electron chi connectivity index (χ2n) is 3.58. The summed E-state index contributed by atoms with van der Waals surface area (Å²) in [5.74, 6) is -5.96. The molecule has 108 valence electrons.